The number of hydrogen-bond donors (Lipinski definition) is 2. The van der Waals surface area contributed by atoms with Crippen LogP contribution in [0.3, 0.4) is 0 Å². The lowest BCUT2D eigenvalue weighted by Gasteiger charge is -2.14. The lowest BCUT2D eigenvalue weighted by atomic mass is 10.2. The van der Waals surface area contributed by atoms with E-state index >= 15 is 0 Å². The molecule has 2 amide bonds. The van der Waals surface area contributed by atoms with E-state index in [0.29, 0.717) is 13.2 Å². The van der Waals surface area contributed by atoms with Crippen LogP contribution in [-0.4, -0.2) is 32.9 Å². The molecule has 0 radical (unpaired) electrons. The summed E-state index contributed by atoms with van der Waals surface area (Å²) in [7, 11) is 3.24. The molecule has 1 aromatic rings. The second-order valence-electron chi connectivity index (χ2n) is 4.09. The van der Waals surface area contributed by atoms with Crippen LogP contribution in [0.5, 0.6) is 0 Å². The summed E-state index contributed by atoms with van der Waals surface area (Å²) in [5.74, 6) is 0. The summed E-state index contributed by atoms with van der Waals surface area (Å²) in [5, 5.41) is 5.54. The van der Waals surface area contributed by atoms with Crippen LogP contribution in [0.4, 0.5) is 10.5 Å². The van der Waals surface area contributed by atoms with E-state index in [1.54, 1.807) is 14.2 Å². The summed E-state index contributed by atoms with van der Waals surface area (Å²) in [6.07, 6.45) is 0. The summed E-state index contributed by atoms with van der Waals surface area (Å²) < 4.78 is 9.99. The average molecular weight is 252 g/mol. The van der Waals surface area contributed by atoms with E-state index in [1.165, 1.54) is 0 Å². The average Bonchev–Trinajstić information content (AvgIpc) is 2.29. The topological polar surface area (TPSA) is 59.6 Å². The molecule has 0 spiro atoms. The zero-order valence-electron chi connectivity index (χ0n) is 11.0. The third-order valence-electron chi connectivity index (χ3n) is 2.29. The van der Waals surface area contributed by atoms with Gasteiger partial charge in [-0.25, -0.2) is 4.79 Å². The molecule has 0 fully saturated rings. The number of hydrogen-bond acceptors (Lipinski definition) is 3. The third-order valence-corrected chi connectivity index (χ3v) is 2.29. The van der Waals surface area contributed by atoms with Crippen molar-refractivity contribution in [3.63, 3.8) is 0 Å². The van der Waals surface area contributed by atoms with Crippen LogP contribution < -0.4 is 10.6 Å². The number of methoxy groups -OCH3 is 2. The Bertz CT molecular complexity index is 382. The first-order valence-electron chi connectivity index (χ1n) is 5.80. The number of urea groups is 1. The lowest BCUT2D eigenvalue weighted by molar-refractivity contribution is 0.173. The first-order valence-corrected chi connectivity index (χ1v) is 5.80. The fraction of sp³-hybridized carbons (Fsp3) is 0.462. The Labute approximate surface area is 107 Å². The van der Waals surface area contributed by atoms with Crippen molar-refractivity contribution in [1.82, 2.24) is 5.32 Å². The van der Waals surface area contributed by atoms with Gasteiger partial charge in [-0.3, -0.25) is 0 Å². The monoisotopic (exact) mass is 252 g/mol. The molecule has 5 heteroatoms. The van der Waals surface area contributed by atoms with E-state index in [-0.39, 0.29) is 12.1 Å². The van der Waals surface area contributed by atoms with Crippen molar-refractivity contribution in [3.8, 4) is 0 Å². The van der Waals surface area contributed by atoms with Crippen molar-refractivity contribution in [1.29, 1.82) is 0 Å². The Kier molecular flexibility index (Phi) is 6.18. The van der Waals surface area contributed by atoms with E-state index in [4.69, 9.17) is 9.47 Å². The molecular weight excluding hydrogens is 232 g/mol. The van der Waals surface area contributed by atoms with E-state index in [0.717, 1.165) is 11.3 Å². The standard InChI is InChI=1S/C13H20N2O3/c1-10(8-17-2)14-13(16)15-12-6-4-5-11(7-12)9-18-3/h4-7,10H,8-9H2,1-3H3,(H2,14,15,16)/t10-/m0/s1. The zero-order valence-corrected chi connectivity index (χ0v) is 11.0. The fourth-order valence-electron chi connectivity index (χ4n) is 1.59. The van der Waals surface area contributed by atoms with Gasteiger partial charge in [0.1, 0.15) is 0 Å². The van der Waals surface area contributed by atoms with Crippen LogP contribution in [0.1, 0.15) is 12.5 Å². The molecule has 2 N–H and O–H groups in total. The highest BCUT2D eigenvalue weighted by Gasteiger charge is 2.06. The molecule has 0 saturated carbocycles. The molecule has 100 valence electrons. The van der Waals surface area contributed by atoms with Gasteiger partial charge in [0.15, 0.2) is 0 Å². The van der Waals surface area contributed by atoms with Crippen molar-refractivity contribution in [2.24, 2.45) is 0 Å². The van der Waals surface area contributed by atoms with Gasteiger partial charge in [-0.1, -0.05) is 12.1 Å². The summed E-state index contributed by atoms with van der Waals surface area (Å²) >= 11 is 0. The second-order valence-corrected chi connectivity index (χ2v) is 4.09. The predicted molar refractivity (Wildman–Crippen MR) is 70.6 cm³/mol. The molecule has 0 aromatic heterocycles. The molecule has 0 aliphatic carbocycles. The Morgan fingerprint density at radius 1 is 1.33 bits per heavy atom. The summed E-state index contributed by atoms with van der Waals surface area (Å²) in [6.45, 7) is 2.89. The third kappa shape index (κ3) is 5.16. The summed E-state index contributed by atoms with van der Waals surface area (Å²) in [6, 6.07) is 7.26. The van der Waals surface area contributed by atoms with E-state index < -0.39 is 0 Å². The molecule has 1 rings (SSSR count). The zero-order chi connectivity index (χ0) is 13.4. The van der Waals surface area contributed by atoms with Crippen molar-refractivity contribution in [2.75, 3.05) is 26.1 Å². The number of carbonyl (C=O) groups is 1. The van der Waals surface area contributed by atoms with Gasteiger partial charge in [-0.15, -0.1) is 0 Å². The normalized spacial score (nSPS) is 11.9. The van der Waals surface area contributed by atoms with Crippen molar-refractivity contribution >= 4 is 11.7 Å². The van der Waals surface area contributed by atoms with Gasteiger partial charge in [-0.2, -0.15) is 0 Å². The summed E-state index contributed by atoms with van der Waals surface area (Å²) in [5.41, 5.74) is 1.76. The Morgan fingerprint density at radius 3 is 2.78 bits per heavy atom. The number of amides is 2. The molecular formula is C13H20N2O3. The van der Waals surface area contributed by atoms with Crippen molar-refractivity contribution in [3.05, 3.63) is 29.8 Å². The molecule has 0 unspecified atom stereocenters. The molecule has 0 aliphatic heterocycles. The molecule has 5 nitrogen and oxygen atoms in total. The van der Waals surface area contributed by atoms with Crippen LogP contribution in [-0.2, 0) is 16.1 Å². The maximum atomic E-state index is 11.7. The largest absolute Gasteiger partial charge is 0.383 e. The molecule has 1 aromatic carbocycles. The molecule has 18 heavy (non-hydrogen) atoms. The van der Waals surface area contributed by atoms with Gasteiger partial charge < -0.3 is 20.1 Å². The van der Waals surface area contributed by atoms with Crippen molar-refractivity contribution < 1.29 is 14.3 Å². The maximum absolute atomic E-state index is 11.7. The second kappa shape index (κ2) is 7.68. The Balaban J connectivity index is 2.50. The van der Waals surface area contributed by atoms with Crippen LogP contribution >= 0.6 is 0 Å². The number of ether oxygens (including phenoxy) is 2. The highest BCUT2D eigenvalue weighted by Crippen LogP contribution is 2.11. The minimum atomic E-state index is -0.242. The molecule has 0 heterocycles. The number of rotatable bonds is 6. The fourth-order valence-corrected chi connectivity index (χ4v) is 1.59. The highest BCUT2D eigenvalue weighted by atomic mass is 16.5. The van der Waals surface area contributed by atoms with Crippen LogP contribution in [0.2, 0.25) is 0 Å². The van der Waals surface area contributed by atoms with E-state index in [2.05, 4.69) is 10.6 Å². The highest BCUT2D eigenvalue weighted by molar-refractivity contribution is 5.89. The Morgan fingerprint density at radius 2 is 2.11 bits per heavy atom. The number of carbonyl (C=O) groups excluding carboxylic acids is 1. The van der Waals surface area contributed by atoms with Crippen LogP contribution in [0.15, 0.2) is 24.3 Å². The van der Waals surface area contributed by atoms with Gasteiger partial charge in [0.25, 0.3) is 0 Å². The predicted octanol–water partition coefficient (Wildman–Crippen LogP) is 1.99. The minimum absolute atomic E-state index is 0.0304. The molecule has 0 bridgehead atoms. The molecule has 0 aliphatic rings. The van der Waals surface area contributed by atoms with E-state index in [1.807, 2.05) is 31.2 Å². The molecule has 1 atom stereocenters. The Hall–Kier alpha value is -1.59. The first-order chi connectivity index (χ1) is 8.65. The first kappa shape index (κ1) is 14.5. The quantitative estimate of drug-likeness (QED) is 0.814. The number of anilines is 1. The maximum Gasteiger partial charge on any atom is 0.319 e. The smallest absolute Gasteiger partial charge is 0.319 e. The van der Waals surface area contributed by atoms with Gasteiger partial charge in [-0.05, 0) is 24.6 Å². The van der Waals surface area contributed by atoms with Crippen LogP contribution in [0.25, 0.3) is 0 Å². The molecule has 0 saturated heterocycles. The number of benzene rings is 1. The van der Waals surface area contributed by atoms with Gasteiger partial charge in [0.2, 0.25) is 0 Å². The van der Waals surface area contributed by atoms with Crippen LogP contribution in [0, 0.1) is 0 Å². The van der Waals surface area contributed by atoms with Gasteiger partial charge in [0.05, 0.1) is 19.3 Å². The van der Waals surface area contributed by atoms with Gasteiger partial charge in [0, 0.05) is 19.9 Å². The van der Waals surface area contributed by atoms with Crippen molar-refractivity contribution in [2.45, 2.75) is 19.6 Å². The van der Waals surface area contributed by atoms with Gasteiger partial charge >= 0.3 is 6.03 Å². The minimum Gasteiger partial charge on any atom is -0.383 e. The van der Waals surface area contributed by atoms with E-state index in [9.17, 15) is 4.79 Å². The summed E-state index contributed by atoms with van der Waals surface area (Å²) in [4.78, 5) is 11.7. The number of nitrogens with one attached hydrogen (secondary N) is 2. The lowest BCUT2D eigenvalue weighted by Crippen LogP contribution is -2.38. The SMILES string of the molecule is COCc1cccc(NC(=O)N[C@@H](C)COC)c1.